The summed E-state index contributed by atoms with van der Waals surface area (Å²) in [7, 11) is -3.80. The van der Waals surface area contributed by atoms with Gasteiger partial charge < -0.3 is 4.74 Å². The van der Waals surface area contributed by atoms with Crippen molar-refractivity contribution in [3.63, 3.8) is 0 Å². The van der Waals surface area contributed by atoms with E-state index in [1.54, 1.807) is 24.3 Å². The summed E-state index contributed by atoms with van der Waals surface area (Å²) in [5.74, 6) is 0. The molecule has 7 heteroatoms. The molecule has 0 aromatic heterocycles. The summed E-state index contributed by atoms with van der Waals surface area (Å²) in [6, 6.07) is 16.4. The molecule has 2 aliphatic rings. The van der Waals surface area contributed by atoms with Crippen molar-refractivity contribution >= 4 is 16.2 Å². The molecule has 0 spiro atoms. The second-order valence-electron chi connectivity index (χ2n) is 8.99. The van der Waals surface area contributed by atoms with E-state index in [4.69, 9.17) is 8.92 Å². The lowest BCUT2D eigenvalue weighted by Crippen LogP contribution is -2.43. The third kappa shape index (κ3) is 4.48. The Labute approximate surface area is 184 Å². The molecule has 31 heavy (non-hydrogen) atoms. The highest BCUT2D eigenvalue weighted by Crippen LogP contribution is 2.44. The summed E-state index contributed by atoms with van der Waals surface area (Å²) in [5, 5.41) is 0. The Hall–Kier alpha value is -2.38. The molecule has 1 heterocycles. The van der Waals surface area contributed by atoms with E-state index in [0.717, 1.165) is 11.1 Å². The van der Waals surface area contributed by atoms with Crippen LogP contribution in [-0.2, 0) is 19.0 Å². The molecule has 1 aliphatic heterocycles. The summed E-state index contributed by atoms with van der Waals surface area (Å²) in [4.78, 5) is 14.8. The van der Waals surface area contributed by atoms with Gasteiger partial charge in [-0.1, -0.05) is 48.0 Å². The minimum atomic E-state index is -3.80. The predicted molar refractivity (Wildman–Crippen MR) is 117 cm³/mol. The Morgan fingerprint density at radius 1 is 0.968 bits per heavy atom. The molecule has 6 nitrogen and oxygen atoms in total. The molecule has 1 atom stereocenters. The van der Waals surface area contributed by atoms with Gasteiger partial charge in [0.15, 0.2) is 0 Å². The molecule has 1 amide bonds. The van der Waals surface area contributed by atoms with Gasteiger partial charge in [-0.2, -0.15) is 8.42 Å². The van der Waals surface area contributed by atoms with Gasteiger partial charge in [0.2, 0.25) is 0 Å². The molecular weight excluding hydrogens is 414 g/mol. The third-order valence-electron chi connectivity index (χ3n) is 6.22. The number of hydrogen-bond acceptors (Lipinski definition) is 5. The van der Waals surface area contributed by atoms with Crippen LogP contribution in [0.4, 0.5) is 4.79 Å². The molecule has 2 aromatic carbocycles. The molecule has 4 rings (SSSR count). The van der Waals surface area contributed by atoms with Crippen molar-refractivity contribution in [2.24, 2.45) is 0 Å². The lowest BCUT2D eigenvalue weighted by molar-refractivity contribution is 0.0649. The summed E-state index contributed by atoms with van der Waals surface area (Å²) in [6.07, 6.45) is 1.79. The number of aryl methyl sites for hydroxylation is 1. The molecular formula is C24H29NO5S. The standard InChI is InChI=1S/C24H29NO5S/c1-17-9-15-21(16-10-17)31(27,28)30-20-13-11-19(12-14-20)25-22(18-7-5-4-6-8-18)24(2,3)29-23(25)26/h4-10,15-16,19-20,22H,11-14H2,1-3H3/t19-,20-,22-/m0/s1. The molecule has 2 fully saturated rings. The van der Waals surface area contributed by atoms with Crippen molar-refractivity contribution in [2.75, 3.05) is 0 Å². The highest BCUT2D eigenvalue weighted by Gasteiger charge is 2.51. The number of ether oxygens (including phenoxy) is 1. The molecule has 0 bridgehead atoms. The number of hydrogen-bond donors (Lipinski definition) is 0. The zero-order valence-corrected chi connectivity index (χ0v) is 19.0. The topological polar surface area (TPSA) is 72.9 Å². The average Bonchev–Trinajstić information content (AvgIpc) is 2.97. The van der Waals surface area contributed by atoms with Gasteiger partial charge in [0.1, 0.15) is 5.60 Å². The van der Waals surface area contributed by atoms with Crippen molar-refractivity contribution in [3.8, 4) is 0 Å². The highest BCUT2D eigenvalue weighted by molar-refractivity contribution is 7.86. The van der Waals surface area contributed by atoms with E-state index < -0.39 is 15.7 Å². The van der Waals surface area contributed by atoms with Gasteiger partial charge in [-0.05, 0) is 64.2 Å². The third-order valence-corrected chi connectivity index (χ3v) is 7.60. The molecule has 0 N–H and O–H groups in total. The second-order valence-corrected chi connectivity index (χ2v) is 10.6. The number of carbonyl (C=O) groups is 1. The van der Waals surface area contributed by atoms with E-state index in [-0.39, 0.29) is 29.2 Å². The van der Waals surface area contributed by atoms with Crippen LogP contribution in [0.3, 0.4) is 0 Å². The number of benzene rings is 2. The van der Waals surface area contributed by atoms with Gasteiger partial charge in [-0.3, -0.25) is 9.08 Å². The Balaban J connectivity index is 1.45. The number of amides is 1. The zero-order valence-electron chi connectivity index (χ0n) is 18.2. The number of nitrogens with zero attached hydrogens (tertiary/aromatic N) is 1. The van der Waals surface area contributed by atoms with Crippen molar-refractivity contribution in [2.45, 2.75) is 75.1 Å². The van der Waals surface area contributed by atoms with E-state index in [1.807, 2.05) is 56.0 Å². The van der Waals surface area contributed by atoms with Crippen molar-refractivity contribution in [1.82, 2.24) is 4.90 Å². The maximum absolute atomic E-state index is 12.8. The van der Waals surface area contributed by atoms with Crippen LogP contribution in [0.5, 0.6) is 0 Å². The molecule has 1 aliphatic carbocycles. The Morgan fingerprint density at radius 3 is 2.19 bits per heavy atom. The molecule has 166 valence electrons. The predicted octanol–water partition coefficient (Wildman–Crippen LogP) is 4.98. The van der Waals surface area contributed by atoms with E-state index in [0.29, 0.717) is 25.7 Å². The van der Waals surface area contributed by atoms with Crippen LogP contribution in [0.15, 0.2) is 59.5 Å². The van der Waals surface area contributed by atoms with Crippen LogP contribution in [0.2, 0.25) is 0 Å². The Kier molecular flexibility index (Phi) is 5.83. The van der Waals surface area contributed by atoms with Crippen LogP contribution in [0.1, 0.15) is 56.7 Å². The van der Waals surface area contributed by atoms with Crippen LogP contribution < -0.4 is 0 Å². The molecule has 1 saturated carbocycles. The fraction of sp³-hybridized carbons (Fsp3) is 0.458. The average molecular weight is 444 g/mol. The fourth-order valence-electron chi connectivity index (χ4n) is 4.69. The number of cyclic esters (lactones) is 1. The van der Waals surface area contributed by atoms with Crippen molar-refractivity contribution in [3.05, 3.63) is 65.7 Å². The first kappa shape index (κ1) is 21.8. The smallest absolute Gasteiger partial charge is 0.411 e. The van der Waals surface area contributed by atoms with E-state index in [2.05, 4.69) is 0 Å². The van der Waals surface area contributed by atoms with Crippen molar-refractivity contribution in [1.29, 1.82) is 0 Å². The lowest BCUT2D eigenvalue weighted by Gasteiger charge is -2.38. The van der Waals surface area contributed by atoms with Crippen molar-refractivity contribution < 1.29 is 22.1 Å². The lowest BCUT2D eigenvalue weighted by atomic mass is 9.87. The first-order valence-corrected chi connectivity index (χ1v) is 12.1. The monoisotopic (exact) mass is 443 g/mol. The van der Waals surface area contributed by atoms with E-state index in [9.17, 15) is 13.2 Å². The van der Waals surface area contributed by atoms with Gasteiger partial charge in [-0.15, -0.1) is 0 Å². The fourth-order valence-corrected chi connectivity index (χ4v) is 5.82. The summed E-state index contributed by atoms with van der Waals surface area (Å²) in [5.41, 5.74) is 1.40. The van der Waals surface area contributed by atoms with Gasteiger partial charge in [0.25, 0.3) is 10.1 Å². The number of carbonyl (C=O) groups excluding carboxylic acids is 1. The molecule has 0 unspecified atom stereocenters. The summed E-state index contributed by atoms with van der Waals surface area (Å²) in [6.45, 7) is 5.78. The van der Waals surface area contributed by atoms with E-state index in [1.165, 1.54) is 0 Å². The SMILES string of the molecule is Cc1ccc(S(=O)(=O)O[C@H]2CC[C@H](N3C(=O)OC(C)(C)[C@@H]3c3ccccc3)CC2)cc1. The van der Waals surface area contributed by atoms with E-state index >= 15 is 0 Å². The van der Waals surface area contributed by atoms with Crippen LogP contribution in [0, 0.1) is 6.92 Å². The summed E-state index contributed by atoms with van der Waals surface area (Å²) >= 11 is 0. The van der Waals surface area contributed by atoms with Gasteiger partial charge in [0, 0.05) is 6.04 Å². The Morgan fingerprint density at radius 2 is 1.58 bits per heavy atom. The van der Waals surface area contributed by atoms with Crippen LogP contribution >= 0.6 is 0 Å². The van der Waals surface area contributed by atoms with Gasteiger partial charge >= 0.3 is 6.09 Å². The minimum absolute atomic E-state index is 0.0126. The number of rotatable bonds is 5. The molecule has 2 aromatic rings. The highest BCUT2D eigenvalue weighted by atomic mass is 32.2. The first-order chi connectivity index (χ1) is 14.7. The summed E-state index contributed by atoms with van der Waals surface area (Å²) < 4.78 is 36.5. The zero-order chi connectivity index (χ0) is 22.2. The largest absolute Gasteiger partial charge is 0.441 e. The second kappa shape index (κ2) is 8.28. The normalized spacial score (nSPS) is 26.0. The Bertz CT molecular complexity index is 1030. The molecule has 1 saturated heterocycles. The maximum atomic E-state index is 12.8. The van der Waals surface area contributed by atoms with Gasteiger partial charge in [0.05, 0.1) is 17.0 Å². The quantitative estimate of drug-likeness (QED) is 0.609. The molecule has 0 radical (unpaired) electrons. The van der Waals surface area contributed by atoms with Crippen LogP contribution in [-0.4, -0.2) is 37.2 Å². The van der Waals surface area contributed by atoms with Gasteiger partial charge in [-0.25, -0.2) is 4.79 Å². The first-order valence-electron chi connectivity index (χ1n) is 10.7. The minimum Gasteiger partial charge on any atom is -0.441 e. The maximum Gasteiger partial charge on any atom is 0.411 e. The van der Waals surface area contributed by atoms with Crippen LogP contribution in [0.25, 0.3) is 0 Å².